The molecular weight excluding hydrogens is 387 g/mol. The first-order valence-corrected chi connectivity index (χ1v) is 10.4. The molecule has 2 atom stereocenters. The predicted octanol–water partition coefficient (Wildman–Crippen LogP) is 4.27. The summed E-state index contributed by atoms with van der Waals surface area (Å²) >= 11 is 0. The summed E-state index contributed by atoms with van der Waals surface area (Å²) in [4.78, 5) is 18.3. The lowest BCUT2D eigenvalue weighted by Gasteiger charge is -2.15. The fourth-order valence-electron chi connectivity index (χ4n) is 3.95. The van der Waals surface area contributed by atoms with E-state index in [2.05, 4.69) is 14.6 Å². The topological polar surface area (TPSA) is 82.9 Å². The minimum atomic E-state index is -0.718. The van der Waals surface area contributed by atoms with Crippen LogP contribution in [0.2, 0.25) is 0 Å². The van der Waals surface area contributed by atoms with Crippen LogP contribution in [-0.4, -0.2) is 52.6 Å². The second-order valence-corrected chi connectivity index (χ2v) is 7.26. The molecule has 1 saturated carbocycles. The lowest BCUT2D eigenvalue weighted by atomic mass is 10.0. The zero-order chi connectivity index (χ0) is 22.1. The molecule has 2 aromatic rings. The van der Waals surface area contributed by atoms with Gasteiger partial charge in [0, 0.05) is 13.1 Å². The highest BCUT2D eigenvalue weighted by atomic mass is 19.1. The predicted molar refractivity (Wildman–Crippen MR) is 113 cm³/mol. The van der Waals surface area contributed by atoms with Gasteiger partial charge in [0.05, 0.1) is 19.9 Å². The number of aromatic nitrogens is 1. The van der Waals surface area contributed by atoms with Gasteiger partial charge in [-0.2, -0.15) is 4.39 Å². The van der Waals surface area contributed by atoms with Crippen molar-refractivity contribution in [1.29, 1.82) is 0 Å². The Balaban J connectivity index is 0.000000228. The fourth-order valence-corrected chi connectivity index (χ4v) is 3.95. The molecule has 0 unspecified atom stereocenters. The molecule has 6 nitrogen and oxygen atoms in total. The molecule has 1 aliphatic heterocycles. The van der Waals surface area contributed by atoms with Gasteiger partial charge in [-0.3, -0.25) is 9.69 Å². The molecule has 30 heavy (non-hydrogen) atoms. The summed E-state index contributed by atoms with van der Waals surface area (Å²) in [5.41, 5.74) is 0.449. The Bertz CT molecular complexity index is 801. The van der Waals surface area contributed by atoms with Crippen molar-refractivity contribution in [2.75, 3.05) is 26.7 Å². The normalized spacial score (nSPS) is 19.7. The Hall–Kier alpha value is -2.67. The van der Waals surface area contributed by atoms with Gasteiger partial charge in [-0.1, -0.05) is 26.3 Å². The van der Waals surface area contributed by atoms with Crippen LogP contribution in [-0.2, 0) is 0 Å². The molecule has 2 heterocycles. The number of carbonyl (C=O) groups is 1. The minimum absolute atomic E-state index is 0.0509. The molecule has 1 aromatic heterocycles. The number of pyridine rings is 1. The number of likely N-dealkylation sites (tertiary alicyclic amines) is 1. The minimum Gasteiger partial charge on any atom is -0.506 e. The molecular formula is C23H31FN2O4. The third kappa shape index (κ3) is 6.16. The highest BCUT2D eigenvalue weighted by Gasteiger charge is 2.36. The van der Waals surface area contributed by atoms with E-state index in [4.69, 9.17) is 10.2 Å². The number of hydrogen-bond acceptors (Lipinski definition) is 6. The van der Waals surface area contributed by atoms with Gasteiger partial charge in [0.2, 0.25) is 5.82 Å². The Labute approximate surface area is 177 Å². The molecule has 0 amide bonds. The second-order valence-electron chi connectivity index (χ2n) is 7.26. The monoisotopic (exact) mass is 418 g/mol. The molecule has 1 aliphatic carbocycles. The van der Waals surface area contributed by atoms with Crippen LogP contribution in [0.25, 0.3) is 0 Å². The van der Waals surface area contributed by atoms with Crippen LogP contribution in [0.15, 0.2) is 36.5 Å². The van der Waals surface area contributed by atoms with Crippen LogP contribution >= 0.6 is 0 Å². The summed E-state index contributed by atoms with van der Waals surface area (Å²) in [7, 11) is 1.35. The van der Waals surface area contributed by atoms with Crippen molar-refractivity contribution >= 4 is 5.78 Å². The number of aromatic hydroxyl groups is 2. The van der Waals surface area contributed by atoms with Crippen LogP contribution in [0.3, 0.4) is 0 Å². The summed E-state index contributed by atoms with van der Waals surface area (Å²) in [6, 6.07) is 7.32. The summed E-state index contributed by atoms with van der Waals surface area (Å²) in [6.45, 7) is 6.59. The SMILES string of the molecule is CC.COc1cccc(O)c1F.O=C(CN1C[C@H]2CCC[C@H]2C1)c1ccc(O)cn1. The Morgan fingerprint density at radius 3 is 2.37 bits per heavy atom. The highest BCUT2D eigenvalue weighted by molar-refractivity contribution is 5.95. The lowest BCUT2D eigenvalue weighted by Crippen LogP contribution is -2.29. The summed E-state index contributed by atoms with van der Waals surface area (Å²) in [6.07, 6.45) is 5.34. The lowest BCUT2D eigenvalue weighted by molar-refractivity contribution is 0.0936. The largest absolute Gasteiger partial charge is 0.506 e. The van der Waals surface area contributed by atoms with Gasteiger partial charge < -0.3 is 14.9 Å². The van der Waals surface area contributed by atoms with Crippen LogP contribution in [0, 0.1) is 17.7 Å². The average molecular weight is 419 g/mol. The first-order valence-electron chi connectivity index (χ1n) is 10.4. The first kappa shape index (κ1) is 23.6. The zero-order valence-electron chi connectivity index (χ0n) is 17.8. The standard InChI is InChI=1S/C14H18N2O2.C7H7FO2.C2H6/c17-12-4-5-13(15-6-12)14(18)9-16-7-10-2-1-3-11(10)8-16;1-10-6-4-2-3-5(9)7(6)8;1-2/h4-6,10-11,17H,1-3,7-9H2;2-4,9H,1H3;1-2H3/t10-,11+;;. The smallest absolute Gasteiger partial charge is 0.206 e. The number of carbonyl (C=O) groups excluding carboxylic acids is 1. The number of ether oxygens (including phenoxy) is 1. The van der Waals surface area contributed by atoms with Gasteiger partial charge in [0.25, 0.3) is 0 Å². The fraction of sp³-hybridized carbons (Fsp3) is 0.478. The third-order valence-electron chi connectivity index (χ3n) is 5.37. The number of methoxy groups -OCH3 is 1. The second kappa shape index (κ2) is 11.5. The van der Waals surface area contributed by atoms with E-state index < -0.39 is 5.82 Å². The molecule has 2 aliphatic rings. The number of rotatable bonds is 4. The van der Waals surface area contributed by atoms with Gasteiger partial charge >= 0.3 is 0 Å². The number of halogens is 1. The van der Waals surface area contributed by atoms with Gasteiger partial charge in [0.1, 0.15) is 11.4 Å². The van der Waals surface area contributed by atoms with Crippen LogP contribution in [0.1, 0.15) is 43.6 Å². The number of Topliss-reactive ketones (excluding diaryl/α,β-unsaturated/α-hetero) is 1. The van der Waals surface area contributed by atoms with Crippen LogP contribution in [0.5, 0.6) is 17.2 Å². The molecule has 0 bridgehead atoms. The molecule has 0 spiro atoms. The molecule has 4 rings (SSSR count). The zero-order valence-corrected chi connectivity index (χ0v) is 17.8. The van der Waals surface area contributed by atoms with Crippen LogP contribution < -0.4 is 4.74 Å². The van der Waals surface area contributed by atoms with E-state index in [0.29, 0.717) is 12.2 Å². The van der Waals surface area contributed by atoms with Crippen molar-refractivity contribution in [3.05, 3.63) is 48.0 Å². The van der Waals surface area contributed by atoms with E-state index in [1.54, 1.807) is 6.07 Å². The number of benzene rings is 1. The van der Waals surface area contributed by atoms with E-state index in [-0.39, 0.29) is 23.0 Å². The number of nitrogens with zero attached hydrogens (tertiary/aromatic N) is 2. The first-order chi connectivity index (χ1) is 14.5. The van der Waals surface area contributed by atoms with Crippen molar-refractivity contribution in [2.24, 2.45) is 11.8 Å². The van der Waals surface area contributed by atoms with Crippen molar-refractivity contribution < 1.29 is 24.1 Å². The molecule has 7 heteroatoms. The highest BCUT2D eigenvalue weighted by Crippen LogP contribution is 2.37. The maximum absolute atomic E-state index is 12.6. The van der Waals surface area contributed by atoms with Gasteiger partial charge in [-0.15, -0.1) is 0 Å². The van der Waals surface area contributed by atoms with Crippen molar-refractivity contribution in [3.8, 4) is 17.2 Å². The van der Waals surface area contributed by atoms with Crippen LogP contribution in [0.4, 0.5) is 4.39 Å². The van der Waals surface area contributed by atoms with Crippen molar-refractivity contribution in [3.63, 3.8) is 0 Å². The maximum atomic E-state index is 12.6. The molecule has 1 aromatic carbocycles. The average Bonchev–Trinajstić information content (AvgIpc) is 3.34. The van der Waals surface area contributed by atoms with E-state index in [1.165, 1.54) is 56.8 Å². The van der Waals surface area contributed by atoms with Crippen molar-refractivity contribution in [2.45, 2.75) is 33.1 Å². The maximum Gasteiger partial charge on any atom is 0.206 e. The van der Waals surface area contributed by atoms with E-state index >= 15 is 0 Å². The number of phenols is 1. The number of fused-ring (bicyclic) bond motifs is 1. The number of phenolic OH excluding ortho intramolecular Hbond substituents is 1. The quantitative estimate of drug-likeness (QED) is 0.722. The molecule has 2 fully saturated rings. The summed E-state index contributed by atoms with van der Waals surface area (Å²) in [5.74, 6) is 0.720. The summed E-state index contributed by atoms with van der Waals surface area (Å²) < 4.78 is 17.2. The Morgan fingerprint density at radius 2 is 1.83 bits per heavy atom. The molecule has 1 saturated heterocycles. The van der Waals surface area contributed by atoms with Gasteiger partial charge in [-0.25, -0.2) is 4.98 Å². The molecule has 2 N–H and O–H groups in total. The third-order valence-corrected chi connectivity index (χ3v) is 5.37. The number of hydrogen-bond donors (Lipinski definition) is 2. The Morgan fingerprint density at radius 1 is 1.17 bits per heavy atom. The molecule has 164 valence electrons. The summed E-state index contributed by atoms with van der Waals surface area (Å²) in [5, 5.41) is 17.9. The number of ketones is 1. The van der Waals surface area contributed by atoms with Gasteiger partial charge in [-0.05, 0) is 48.9 Å². The van der Waals surface area contributed by atoms with Crippen molar-refractivity contribution in [1.82, 2.24) is 9.88 Å². The van der Waals surface area contributed by atoms with E-state index in [9.17, 15) is 9.18 Å². The van der Waals surface area contributed by atoms with E-state index in [0.717, 1.165) is 24.9 Å². The van der Waals surface area contributed by atoms with Gasteiger partial charge in [0.15, 0.2) is 17.3 Å². The Kier molecular flexibility index (Phi) is 9.05. The van der Waals surface area contributed by atoms with E-state index in [1.807, 2.05) is 13.8 Å². The molecule has 0 radical (unpaired) electrons.